The largest absolute Gasteiger partial charge is 0.440 e. The number of nitriles is 1. The summed E-state index contributed by atoms with van der Waals surface area (Å²) in [6.45, 7) is 0. The molecule has 154 valence electrons. The summed E-state index contributed by atoms with van der Waals surface area (Å²) in [6, 6.07) is 17.1. The lowest BCUT2D eigenvalue weighted by Gasteiger charge is -2.27. The zero-order chi connectivity index (χ0) is 22.1. The zero-order valence-electron chi connectivity index (χ0n) is 15.7. The molecule has 0 fully saturated rings. The lowest BCUT2D eigenvalue weighted by molar-refractivity contribution is 0.0729. The van der Waals surface area contributed by atoms with Crippen LogP contribution in [0.15, 0.2) is 72.1 Å². The lowest BCUT2D eigenvalue weighted by Crippen LogP contribution is -2.21. The first-order valence-electron chi connectivity index (χ1n) is 9.02. The van der Waals surface area contributed by atoms with Crippen LogP contribution < -0.4 is 15.2 Å². The van der Waals surface area contributed by atoms with Gasteiger partial charge < -0.3 is 15.2 Å². The van der Waals surface area contributed by atoms with E-state index in [-0.39, 0.29) is 28.5 Å². The summed E-state index contributed by atoms with van der Waals surface area (Å²) in [5.41, 5.74) is 7.19. The zero-order valence-corrected chi connectivity index (χ0v) is 17.2. The Morgan fingerprint density at radius 1 is 1.10 bits per heavy atom. The van der Waals surface area contributed by atoms with Crippen molar-refractivity contribution in [3.8, 4) is 17.6 Å². The fourth-order valence-electron chi connectivity index (χ4n) is 3.34. The lowest BCUT2D eigenvalue weighted by atomic mass is 9.83. The molecule has 1 unspecified atom stereocenters. The van der Waals surface area contributed by atoms with Crippen molar-refractivity contribution >= 4 is 29.2 Å². The van der Waals surface area contributed by atoms with E-state index in [4.69, 9.17) is 38.4 Å². The van der Waals surface area contributed by atoms with E-state index in [9.17, 15) is 14.4 Å². The van der Waals surface area contributed by atoms with Gasteiger partial charge in [0.2, 0.25) is 5.88 Å². The summed E-state index contributed by atoms with van der Waals surface area (Å²) in [7, 11) is 0. The number of nitrogens with two attached hydrogens (primary N) is 1. The van der Waals surface area contributed by atoms with Gasteiger partial charge in [-0.25, -0.2) is 9.18 Å². The van der Waals surface area contributed by atoms with Crippen molar-refractivity contribution in [2.75, 3.05) is 0 Å². The number of carbonyl (C=O) groups is 1. The maximum atomic E-state index is 13.9. The van der Waals surface area contributed by atoms with E-state index < -0.39 is 17.7 Å². The summed E-state index contributed by atoms with van der Waals surface area (Å²) in [4.78, 5) is 12.3. The molecule has 0 saturated carbocycles. The van der Waals surface area contributed by atoms with E-state index in [0.717, 1.165) is 0 Å². The van der Waals surface area contributed by atoms with E-state index in [2.05, 4.69) is 6.07 Å². The fourth-order valence-corrected chi connectivity index (χ4v) is 3.86. The minimum Gasteiger partial charge on any atom is -0.440 e. The van der Waals surface area contributed by atoms with Crippen LogP contribution in [0.25, 0.3) is 0 Å². The predicted octanol–water partition coefficient (Wildman–Crippen LogP) is 5.57. The number of fused-ring (bicyclic) bond motifs is 1. The standard InChI is InChI=1S/C23H13Cl2FN2O3/c24-12-5-7-14(18(25)9-12)21-16-8-6-13(10-20(16)31-22(28)17(21)11-27)30-23(29)15-3-1-2-4-19(15)26/h1-10,21H,28H2. The third kappa shape index (κ3) is 3.93. The highest BCUT2D eigenvalue weighted by Crippen LogP contribution is 2.45. The Hall–Kier alpha value is -3.53. The van der Waals surface area contributed by atoms with E-state index in [1.54, 1.807) is 24.3 Å². The number of allylic oxidation sites excluding steroid dienone is 1. The van der Waals surface area contributed by atoms with Crippen LogP contribution in [0.4, 0.5) is 4.39 Å². The van der Waals surface area contributed by atoms with Gasteiger partial charge in [-0.15, -0.1) is 0 Å². The Labute approximate surface area is 187 Å². The Bertz CT molecular complexity index is 1280. The van der Waals surface area contributed by atoms with Gasteiger partial charge in [-0.1, -0.05) is 47.5 Å². The molecule has 0 radical (unpaired) electrons. The number of rotatable bonds is 3. The molecule has 1 aliphatic rings. The molecule has 3 aromatic rings. The van der Waals surface area contributed by atoms with Crippen molar-refractivity contribution in [3.05, 3.63) is 105 Å². The van der Waals surface area contributed by atoms with Crippen molar-refractivity contribution in [3.63, 3.8) is 0 Å². The normalized spacial score (nSPS) is 15.0. The molecule has 3 aromatic carbocycles. The Balaban J connectivity index is 1.73. The van der Waals surface area contributed by atoms with E-state index >= 15 is 0 Å². The Kier molecular flexibility index (Phi) is 5.55. The van der Waals surface area contributed by atoms with Gasteiger partial charge in [0.05, 0.1) is 11.5 Å². The molecular formula is C23H13Cl2FN2O3. The number of ether oxygens (including phenoxy) is 2. The van der Waals surface area contributed by atoms with E-state index in [0.29, 0.717) is 21.2 Å². The van der Waals surface area contributed by atoms with Gasteiger partial charge in [-0.3, -0.25) is 0 Å². The maximum Gasteiger partial charge on any atom is 0.346 e. The van der Waals surface area contributed by atoms with E-state index in [1.807, 2.05) is 0 Å². The number of esters is 1. The maximum absolute atomic E-state index is 13.9. The van der Waals surface area contributed by atoms with Gasteiger partial charge in [0.25, 0.3) is 0 Å². The molecule has 31 heavy (non-hydrogen) atoms. The van der Waals surface area contributed by atoms with Gasteiger partial charge in [-0.05, 0) is 35.9 Å². The second-order valence-corrected chi connectivity index (χ2v) is 7.50. The molecule has 0 aliphatic carbocycles. The first-order chi connectivity index (χ1) is 14.9. The smallest absolute Gasteiger partial charge is 0.346 e. The molecule has 1 atom stereocenters. The average Bonchev–Trinajstić information content (AvgIpc) is 2.73. The quantitative estimate of drug-likeness (QED) is 0.412. The molecule has 0 aromatic heterocycles. The highest BCUT2D eigenvalue weighted by atomic mass is 35.5. The molecule has 0 amide bonds. The Morgan fingerprint density at radius 2 is 1.84 bits per heavy atom. The van der Waals surface area contributed by atoms with Crippen molar-refractivity contribution in [2.24, 2.45) is 5.73 Å². The van der Waals surface area contributed by atoms with Gasteiger partial charge in [0.15, 0.2) is 0 Å². The van der Waals surface area contributed by atoms with Gasteiger partial charge in [0.1, 0.15) is 29.0 Å². The number of benzene rings is 3. The van der Waals surface area contributed by atoms with Crippen LogP contribution in [0.2, 0.25) is 10.0 Å². The van der Waals surface area contributed by atoms with Crippen molar-refractivity contribution in [1.82, 2.24) is 0 Å². The molecule has 8 heteroatoms. The molecule has 1 heterocycles. The predicted molar refractivity (Wildman–Crippen MR) is 114 cm³/mol. The Morgan fingerprint density at radius 3 is 2.55 bits per heavy atom. The van der Waals surface area contributed by atoms with Crippen LogP contribution in [-0.4, -0.2) is 5.97 Å². The first-order valence-corrected chi connectivity index (χ1v) is 9.78. The van der Waals surface area contributed by atoms with Crippen LogP contribution >= 0.6 is 23.2 Å². The summed E-state index contributed by atoms with van der Waals surface area (Å²) in [5, 5.41) is 10.5. The highest BCUT2D eigenvalue weighted by molar-refractivity contribution is 6.35. The summed E-state index contributed by atoms with van der Waals surface area (Å²) in [5.74, 6) is -1.83. The summed E-state index contributed by atoms with van der Waals surface area (Å²) >= 11 is 12.4. The molecular weight excluding hydrogens is 442 g/mol. The van der Waals surface area contributed by atoms with E-state index in [1.165, 1.54) is 36.4 Å². The van der Waals surface area contributed by atoms with Crippen LogP contribution in [0, 0.1) is 17.1 Å². The summed E-state index contributed by atoms with van der Waals surface area (Å²) in [6.07, 6.45) is 0. The monoisotopic (exact) mass is 454 g/mol. The molecule has 5 nitrogen and oxygen atoms in total. The van der Waals surface area contributed by atoms with Crippen LogP contribution in [0.5, 0.6) is 11.5 Å². The number of hydrogen-bond donors (Lipinski definition) is 1. The first kappa shape index (κ1) is 20.7. The molecule has 2 N–H and O–H groups in total. The number of nitrogens with zero attached hydrogens (tertiary/aromatic N) is 1. The van der Waals surface area contributed by atoms with Crippen molar-refractivity contribution < 1.29 is 18.7 Å². The second kappa shape index (κ2) is 8.31. The topological polar surface area (TPSA) is 85.3 Å². The molecule has 4 rings (SSSR count). The minimum absolute atomic E-state index is 0.0939. The SMILES string of the molecule is N#CC1=C(N)Oc2cc(OC(=O)c3ccccc3F)ccc2C1c1ccc(Cl)cc1Cl. The highest BCUT2D eigenvalue weighted by Gasteiger charge is 2.32. The van der Waals surface area contributed by atoms with Crippen LogP contribution in [-0.2, 0) is 0 Å². The molecule has 0 bridgehead atoms. The number of carbonyl (C=O) groups excluding carboxylic acids is 1. The number of halogens is 3. The third-order valence-electron chi connectivity index (χ3n) is 4.77. The fraction of sp³-hybridized carbons (Fsp3) is 0.0435. The van der Waals surface area contributed by atoms with Gasteiger partial charge >= 0.3 is 5.97 Å². The van der Waals surface area contributed by atoms with Crippen LogP contribution in [0.3, 0.4) is 0 Å². The minimum atomic E-state index is -0.854. The summed E-state index contributed by atoms with van der Waals surface area (Å²) < 4.78 is 24.7. The van der Waals surface area contributed by atoms with Gasteiger partial charge in [0, 0.05) is 21.7 Å². The van der Waals surface area contributed by atoms with Crippen LogP contribution in [0.1, 0.15) is 27.4 Å². The third-order valence-corrected chi connectivity index (χ3v) is 5.33. The van der Waals surface area contributed by atoms with Crippen molar-refractivity contribution in [2.45, 2.75) is 5.92 Å². The molecule has 1 aliphatic heterocycles. The molecule has 0 saturated heterocycles. The second-order valence-electron chi connectivity index (χ2n) is 6.66. The molecule has 0 spiro atoms. The van der Waals surface area contributed by atoms with Crippen molar-refractivity contribution in [1.29, 1.82) is 5.26 Å². The average molecular weight is 455 g/mol. The van der Waals surface area contributed by atoms with Gasteiger partial charge in [-0.2, -0.15) is 5.26 Å². The number of hydrogen-bond acceptors (Lipinski definition) is 5.